The zero-order chi connectivity index (χ0) is 13.1. The molecule has 0 fully saturated rings. The molecule has 0 unspecified atom stereocenters. The standard InChI is InChI=1S/C12H12N4O3/c17-12(9-7-14-16-15-9)13-6-8-1-2-10-11(5-8)19-4-3-18-10/h1-2,5,7H,3-4,6H2,(H,13,17)(H,14,15,16). The second kappa shape index (κ2) is 4.97. The van der Waals surface area contributed by atoms with Crippen LogP contribution in [0.1, 0.15) is 16.1 Å². The molecule has 0 saturated carbocycles. The highest BCUT2D eigenvalue weighted by Crippen LogP contribution is 2.30. The van der Waals surface area contributed by atoms with Crippen molar-refractivity contribution in [2.24, 2.45) is 0 Å². The Bertz CT molecular complexity index is 583. The van der Waals surface area contributed by atoms with Gasteiger partial charge in [-0.15, -0.1) is 0 Å². The maximum atomic E-state index is 11.7. The fraction of sp³-hybridized carbons (Fsp3) is 0.250. The zero-order valence-electron chi connectivity index (χ0n) is 10.0. The van der Waals surface area contributed by atoms with E-state index in [1.165, 1.54) is 6.20 Å². The van der Waals surface area contributed by atoms with Gasteiger partial charge in [0, 0.05) is 6.54 Å². The van der Waals surface area contributed by atoms with Gasteiger partial charge in [-0.05, 0) is 17.7 Å². The van der Waals surface area contributed by atoms with Gasteiger partial charge < -0.3 is 14.8 Å². The first kappa shape index (κ1) is 11.5. The van der Waals surface area contributed by atoms with Crippen LogP contribution in [0.3, 0.4) is 0 Å². The van der Waals surface area contributed by atoms with Crippen molar-refractivity contribution in [3.8, 4) is 11.5 Å². The third-order valence-electron chi connectivity index (χ3n) is 2.71. The molecule has 1 amide bonds. The molecule has 1 aliphatic rings. The first-order valence-electron chi connectivity index (χ1n) is 5.85. The fourth-order valence-electron chi connectivity index (χ4n) is 1.78. The summed E-state index contributed by atoms with van der Waals surface area (Å²) in [5.74, 6) is 1.17. The molecular formula is C12H12N4O3. The van der Waals surface area contributed by atoms with Gasteiger partial charge in [0.25, 0.3) is 5.91 Å². The second-order valence-electron chi connectivity index (χ2n) is 4.02. The van der Waals surface area contributed by atoms with Gasteiger partial charge in [-0.25, -0.2) is 0 Å². The monoisotopic (exact) mass is 260 g/mol. The van der Waals surface area contributed by atoms with E-state index >= 15 is 0 Å². The number of ether oxygens (including phenoxy) is 2. The molecule has 1 aromatic heterocycles. The van der Waals surface area contributed by atoms with Crippen molar-refractivity contribution in [3.63, 3.8) is 0 Å². The number of amides is 1. The molecule has 0 saturated heterocycles. The number of fused-ring (bicyclic) bond motifs is 1. The van der Waals surface area contributed by atoms with Crippen LogP contribution < -0.4 is 14.8 Å². The lowest BCUT2D eigenvalue weighted by Crippen LogP contribution is -2.23. The summed E-state index contributed by atoms with van der Waals surface area (Å²) in [4.78, 5) is 11.7. The first-order chi connectivity index (χ1) is 9.33. The van der Waals surface area contributed by atoms with Crippen molar-refractivity contribution >= 4 is 5.91 Å². The zero-order valence-corrected chi connectivity index (χ0v) is 10.0. The number of carbonyl (C=O) groups excluding carboxylic acids is 1. The van der Waals surface area contributed by atoms with Gasteiger partial charge in [0.2, 0.25) is 0 Å². The summed E-state index contributed by atoms with van der Waals surface area (Å²) in [6.07, 6.45) is 1.37. The highest BCUT2D eigenvalue weighted by Gasteiger charge is 2.12. The summed E-state index contributed by atoms with van der Waals surface area (Å²) in [5, 5.41) is 12.4. The number of benzene rings is 1. The van der Waals surface area contributed by atoms with Crippen molar-refractivity contribution in [1.82, 2.24) is 20.7 Å². The molecule has 0 spiro atoms. The average Bonchev–Trinajstić information content (AvgIpc) is 2.99. The van der Waals surface area contributed by atoms with E-state index in [1.54, 1.807) is 0 Å². The van der Waals surface area contributed by atoms with E-state index in [-0.39, 0.29) is 11.6 Å². The number of aromatic nitrogens is 3. The summed E-state index contributed by atoms with van der Waals surface area (Å²) in [7, 11) is 0. The molecule has 3 rings (SSSR count). The summed E-state index contributed by atoms with van der Waals surface area (Å²) in [6, 6.07) is 5.58. The molecule has 0 bridgehead atoms. The molecule has 1 aliphatic heterocycles. The Balaban J connectivity index is 1.65. The molecule has 7 nitrogen and oxygen atoms in total. The first-order valence-corrected chi connectivity index (χ1v) is 5.85. The van der Waals surface area contributed by atoms with Crippen LogP contribution in [0.2, 0.25) is 0 Å². The third kappa shape index (κ3) is 2.49. The quantitative estimate of drug-likeness (QED) is 0.839. The third-order valence-corrected chi connectivity index (χ3v) is 2.71. The number of aromatic amines is 1. The van der Waals surface area contributed by atoms with Crippen LogP contribution in [0.5, 0.6) is 11.5 Å². The van der Waals surface area contributed by atoms with Crippen molar-refractivity contribution in [3.05, 3.63) is 35.7 Å². The largest absolute Gasteiger partial charge is 0.486 e. The van der Waals surface area contributed by atoms with E-state index in [4.69, 9.17) is 9.47 Å². The topological polar surface area (TPSA) is 89.1 Å². The maximum Gasteiger partial charge on any atom is 0.273 e. The number of H-pyrrole nitrogens is 1. The van der Waals surface area contributed by atoms with Crippen LogP contribution in [0.25, 0.3) is 0 Å². The summed E-state index contributed by atoms with van der Waals surface area (Å²) in [6.45, 7) is 1.50. The van der Waals surface area contributed by atoms with E-state index < -0.39 is 0 Å². The number of rotatable bonds is 3. The minimum atomic E-state index is -0.274. The summed E-state index contributed by atoms with van der Waals surface area (Å²) >= 11 is 0. The van der Waals surface area contributed by atoms with Gasteiger partial charge in [-0.1, -0.05) is 6.07 Å². The Morgan fingerprint density at radius 2 is 2.16 bits per heavy atom. The van der Waals surface area contributed by atoms with E-state index in [1.807, 2.05) is 18.2 Å². The van der Waals surface area contributed by atoms with Crippen LogP contribution in [-0.2, 0) is 6.54 Å². The minimum Gasteiger partial charge on any atom is -0.486 e. The van der Waals surface area contributed by atoms with Crippen molar-refractivity contribution < 1.29 is 14.3 Å². The summed E-state index contributed by atoms with van der Waals surface area (Å²) in [5.41, 5.74) is 1.19. The molecular weight excluding hydrogens is 248 g/mol. The lowest BCUT2D eigenvalue weighted by atomic mass is 10.2. The lowest BCUT2D eigenvalue weighted by Gasteiger charge is -2.18. The van der Waals surface area contributed by atoms with Crippen molar-refractivity contribution in [2.45, 2.75) is 6.54 Å². The van der Waals surface area contributed by atoms with Gasteiger partial charge in [-0.3, -0.25) is 4.79 Å². The van der Waals surface area contributed by atoms with Crippen LogP contribution in [0.4, 0.5) is 0 Å². The highest BCUT2D eigenvalue weighted by molar-refractivity contribution is 5.91. The van der Waals surface area contributed by atoms with Crippen molar-refractivity contribution in [1.29, 1.82) is 0 Å². The Morgan fingerprint density at radius 3 is 2.95 bits per heavy atom. The number of carbonyl (C=O) groups is 1. The number of hydrogen-bond acceptors (Lipinski definition) is 5. The van der Waals surface area contributed by atoms with E-state index in [2.05, 4.69) is 20.7 Å². The lowest BCUT2D eigenvalue weighted by molar-refractivity contribution is 0.0945. The molecule has 0 atom stereocenters. The molecule has 0 aliphatic carbocycles. The van der Waals surface area contributed by atoms with E-state index in [9.17, 15) is 4.79 Å². The normalized spacial score (nSPS) is 13.1. The Hall–Kier alpha value is -2.57. The SMILES string of the molecule is O=C(NCc1ccc2c(c1)OCCO2)c1cn[nH]n1. The van der Waals surface area contributed by atoms with E-state index in [0.717, 1.165) is 11.3 Å². The molecule has 7 heteroatoms. The minimum absolute atomic E-state index is 0.262. The smallest absolute Gasteiger partial charge is 0.273 e. The number of nitrogens with zero attached hydrogens (tertiary/aromatic N) is 2. The van der Waals surface area contributed by atoms with E-state index in [0.29, 0.717) is 25.5 Å². The molecule has 19 heavy (non-hydrogen) atoms. The Labute approximate surface area is 108 Å². The van der Waals surface area contributed by atoms with Crippen LogP contribution in [0, 0.1) is 0 Å². The second-order valence-corrected chi connectivity index (χ2v) is 4.02. The number of hydrogen-bond donors (Lipinski definition) is 2. The van der Waals surface area contributed by atoms with Gasteiger partial charge in [0.15, 0.2) is 17.2 Å². The summed E-state index contributed by atoms with van der Waals surface area (Å²) < 4.78 is 10.9. The van der Waals surface area contributed by atoms with Crippen LogP contribution >= 0.6 is 0 Å². The molecule has 2 N–H and O–H groups in total. The van der Waals surface area contributed by atoms with Crippen LogP contribution in [-0.4, -0.2) is 34.5 Å². The van der Waals surface area contributed by atoms with Crippen LogP contribution in [0.15, 0.2) is 24.4 Å². The fourth-order valence-corrected chi connectivity index (χ4v) is 1.78. The predicted octanol–water partition coefficient (Wildman–Crippen LogP) is 0.506. The Morgan fingerprint density at radius 1 is 1.32 bits per heavy atom. The molecule has 2 heterocycles. The number of nitrogens with one attached hydrogen (secondary N) is 2. The van der Waals surface area contributed by atoms with Gasteiger partial charge in [-0.2, -0.15) is 15.4 Å². The maximum absolute atomic E-state index is 11.7. The molecule has 2 aromatic rings. The molecule has 1 aromatic carbocycles. The highest BCUT2D eigenvalue weighted by atomic mass is 16.6. The van der Waals surface area contributed by atoms with Crippen molar-refractivity contribution in [2.75, 3.05) is 13.2 Å². The van der Waals surface area contributed by atoms with Gasteiger partial charge in [0.05, 0.1) is 6.20 Å². The predicted molar refractivity (Wildman–Crippen MR) is 65.0 cm³/mol. The Kier molecular flexibility index (Phi) is 3.01. The van der Waals surface area contributed by atoms with Gasteiger partial charge >= 0.3 is 0 Å². The molecule has 98 valence electrons. The molecule has 0 radical (unpaired) electrons. The van der Waals surface area contributed by atoms with Gasteiger partial charge in [0.1, 0.15) is 13.2 Å². The average molecular weight is 260 g/mol.